The Labute approximate surface area is 148 Å². The van der Waals surface area contributed by atoms with E-state index in [1.165, 1.54) is 7.11 Å². The minimum Gasteiger partial charge on any atom is -0.495 e. The van der Waals surface area contributed by atoms with E-state index >= 15 is 0 Å². The summed E-state index contributed by atoms with van der Waals surface area (Å²) >= 11 is 0. The first-order valence-corrected chi connectivity index (χ1v) is 7.98. The minimum absolute atomic E-state index is 0.0225. The number of nitriles is 1. The molecule has 0 spiro atoms. The molecule has 1 amide bonds. The number of hydrogen-bond donors (Lipinski definition) is 1. The molecule has 2 aromatic rings. The lowest BCUT2D eigenvalue weighted by Crippen LogP contribution is -2.20. The van der Waals surface area contributed by atoms with Crippen LogP contribution in [0.3, 0.4) is 0 Å². The van der Waals surface area contributed by atoms with Crippen molar-refractivity contribution >= 4 is 17.3 Å². The first-order valence-electron chi connectivity index (χ1n) is 7.98. The van der Waals surface area contributed by atoms with Crippen LogP contribution in [-0.2, 0) is 4.79 Å². The first kappa shape index (κ1) is 18.1. The van der Waals surface area contributed by atoms with Gasteiger partial charge in [0.15, 0.2) is 0 Å². The van der Waals surface area contributed by atoms with Gasteiger partial charge in [-0.3, -0.25) is 4.79 Å². The monoisotopic (exact) mass is 335 g/mol. The van der Waals surface area contributed by atoms with Crippen LogP contribution in [0.4, 0.5) is 11.4 Å². The fourth-order valence-corrected chi connectivity index (χ4v) is 2.37. The summed E-state index contributed by atoms with van der Waals surface area (Å²) in [6, 6.07) is 17.1. The fraction of sp³-hybridized carbons (Fsp3) is 0.200. The van der Waals surface area contributed by atoms with Gasteiger partial charge in [-0.05, 0) is 43.7 Å². The smallest absolute Gasteiger partial charge is 0.267 e. The van der Waals surface area contributed by atoms with E-state index in [1.807, 2.05) is 61.2 Å². The van der Waals surface area contributed by atoms with Gasteiger partial charge in [0.1, 0.15) is 17.4 Å². The highest BCUT2D eigenvalue weighted by atomic mass is 16.5. The average Bonchev–Trinajstić information content (AvgIpc) is 2.63. The number of aryl methyl sites for hydroxylation is 1. The Kier molecular flexibility index (Phi) is 6.19. The molecule has 5 heteroatoms. The van der Waals surface area contributed by atoms with Gasteiger partial charge < -0.3 is 15.0 Å². The molecule has 0 radical (unpaired) electrons. The van der Waals surface area contributed by atoms with Gasteiger partial charge in [-0.25, -0.2) is 0 Å². The highest BCUT2D eigenvalue weighted by molar-refractivity contribution is 6.07. The molecular formula is C20H21N3O2. The highest BCUT2D eigenvalue weighted by Crippen LogP contribution is 2.25. The molecule has 2 aromatic carbocycles. The highest BCUT2D eigenvalue weighted by Gasteiger charge is 2.14. The van der Waals surface area contributed by atoms with Crippen molar-refractivity contribution in [1.82, 2.24) is 0 Å². The Morgan fingerprint density at radius 2 is 2.00 bits per heavy atom. The zero-order valence-corrected chi connectivity index (χ0v) is 14.6. The fourth-order valence-electron chi connectivity index (χ4n) is 2.37. The van der Waals surface area contributed by atoms with Gasteiger partial charge in [-0.2, -0.15) is 5.26 Å². The molecule has 0 aliphatic rings. The summed E-state index contributed by atoms with van der Waals surface area (Å²) in [6.45, 7) is 4.51. The van der Waals surface area contributed by atoms with Crippen LogP contribution in [0.15, 0.2) is 60.3 Å². The van der Waals surface area contributed by atoms with Gasteiger partial charge in [0.2, 0.25) is 0 Å². The third kappa shape index (κ3) is 4.61. The van der Waals surface area contributed by atoms with Crippen molar-refractivity contribution in [2.24, 2.45) is 0 Å². The summed E-state index contributed by atoms with van der Waals surface area (Å²) in [5.41, 5.74) is 2.46. The second-order valence-electron chi connectivity index (χ2n) is 5.43. The van der Waals surface area contributed by atoms with E-state index in [-0.39, 0.29) is 5.57 Å². The lowest BCUT2D eigenvalue weighted by molar-refractivity contribution is -0.112. The van der Waals surface area contributed by atoms with E-state index in [4.69, 9.17) is 4.74 Å². The van der Waals surface area contributed by atoms with Gasteiger partial charge in [0, 0.05) is 18.4 Å². The van der Waals surface area contributed by atoms with Crippen molar-refractivity contribution < 1.29 is 9.53 Å². The summed E-state index contributed by atoms with van der Waals surface area (Å²) in [6.07, 6.45) is 1.56. The molecule has 0 fully saturated rings. The van der Waals surface area contributed by atoms with Crippen molar-refractivity contribution in [3.63, 3.8) is 0 Å². The number of ether oxygens (including phenoxy) is 1. The summed E-state index contributed by atoms with van der Waals surface area (Å²) < 4.78 is 5.26. The zero-order valence-electron chi connectivity index (χ0n) is 14.6. The largest absolute Gasteiger partial charge is 0.495 e. The number of benzene rings is 2. The molecule has 0 heterocycles. The molecule has 0 saturated heterocycles. The predicted octanol–water partition coefficient (Wildman–Crippen LogP) is 3.88. The molecule has 0 bridgehead atoms. The van der Waals surface area contributed by atoms with E-state index in [9.17, 15) is 10.1 Å². The van der Waals surface area contributed by atoms with Crippen LogP contribution < -0.4 is 15.0 Å². The molecule has 2 rings (SSSR count). The molecule has 0 unspecified atom stereocenters. The maximum Gasteiger partial charge on any atom is 0.267 e. The Balaban J connectivity index is 2.27. The van der Waals surface area contributed by atoms with E-state index < -0.39 is 5.91 Å². The molecule has 0 aromatic heterocycles. The molecule has 0 aliphatic carbocycles. The van der Waals surface area contributed by atoms with Crippen molar-refractivity contribution in [2.75, 3.05) is 23.9 Å². The number of para-hydroxylation sites is 1. The lowest BCUT2D eigenvalue weighted by atomic mass is 10.2. The summed E-state index contributed by atoms with van der Waals surface area (Å²) in [7, 11) is 1.54. The predicted molar refractivity (Wildman–Crippen MR) is 99.5 cm³/mol. The summed E-state index contributed by atoms with van der Waals surface area (Å²) in [5.74, 6) is 0.0763. The van der Waals surface area contributed by atoms with Crippen LogP contribution in [0.1, 0.15) is 12.5 Å². The van der Waals surface area contributed by atoms with Crippen LogP contribution in [-0.4, -0.2) is 19.6 Å². The molecule has 0 atom stereocenters. The normalized spacial score (nSPS) is 10.7. The van der Waals surface area contributed by atoms with Gasteiger partial charge in [-0.15, -0.1) is 0 Å². The van der Waals surface area contributed by atoms with Gasteiger partial charge in [-0.1, -0.05) is 24.3 Å². The van der Waals surface area contributed by atoms with Crippen LogP contribution in [0.25, 0.3) is 0 Å². The summed E-state index contributed by atoms with van der Waals surface area (Å²) in [5, 5.41) is 12.2. The number of nitrogens with zero attached hydrogens (tertiary/aromatic N) is 2. The number of nitrogens with one attached hydrogen (secondary N) is 1. The van der Waals surface area contributed by atoms with E-state index in [2.05, 4.69) is 5.32 Å². The Hall–Kier alpha value is -3.26. The van der Waals surface area contributed by atoms with Crippen molar-refractivity contribution in [3.8, 4) is 11.8 Å². The number of hydrogen-bond acceptors (Lipinski definition) is 4. The first-order chi connectivity index (χ1) is 12.1. The van der Waals surface area contributed by atoms with Gasteiger partial charge in [0.05, 0.1) is 12.8 Å². The number of amides is 1. The van der Waals surface area contributed by atoms with Gasteiger partial charge >= 0.3 is 0 Å². The lowest BCUT2D eigenvalue weighted by Gasteiger charge is -2.19. The SMILES string of the molecule is CCN(/C=C(/C#N)C(=O)Nc1cc(C)ccc1OC)c1ccccc1. The zero-order chi connectivity index (χ0) is 18.2. The quantitative estimate of drug-likeness (QED) is 0.643. The van der Waals surface area contributed by atoms with Crippen molar-refractivity contribution in [1.29, 1.82) is 5.26 Å². The molecule has 128 valence electrons. The number of carbonyl (C=O) groups excluding carboxylic acids is 1. The molecule has 1 N–H and O–H groups in total. The van der Waals surface area contributed by atoms with Crippen LogP contribution in [0.5, 0.6) is 5.75 Å². The van der Waals surface area contributed by atoms with Crippen molar-refractivity contribution in [2.45, 2.75) is 13.8 Å². The molecule has 0 aliphatic heterocycles. The van der Waals surface area contributed by atoms with Gasteiger partial charge in [0.25, 0.3) is 5.91 Å². The summed E-state index contributed by atoms with van der Waals surface area (Å²) in [4.78, 5) is 14.4. The van der Waals surface area contributed by atoms with Crippen LogP contribution in [0.2, 0.25) is 0 Å². The topological polar surface area (TPSA) is 65.4 Å². The second-order valence-corrected chi connectivity index (χ2v) is 5.43. The number of carbonyl (C=O) groups is 1. The Morgan fingerprint density at radius 3 is 2.60 bits per heavy atom. The molecule has 5 nitrogen and oxygen atoms in total. The Morgan fingerprint density at radius 1 is 1.28 bits per heavy atom. The minimum atomic E-state index is -0.471. The standard InChI is InChI=1S/C20H21N3O2/c1-4-23(17-8-6-5-7-9-17)14-16(13-21)20(24)22-18-12-15(2)10-11-19(18)25-3/h5-12,14H,4H2,1-3H3,(H,22,24)/b16-14-. The average molecular weight is 335 g/mol. The van der Waals surface area contributed by atoms with Crippen LogP contribution in [0, 0.1) is 18.3 Å². The van der Waals surface area contributed by atoms with E-state index in [1.54, 1.807) is 18.3 Å². The molecule has 25 heavy (non-hydrogen) atoms. The van der Waals surface area contributed by atoms with Crippen molar-refractivity contribution in [3.05, 3.63) is 65.9 Å². The number of anilines is 2. The molecular weight excluding hydrogens is 314 g/mol. The third-order valence-electron chi connectivity index (χ3n) is 3.68. The second kappa shape index (κ2) is 8.55. The van der Waals surface area contributed by atoms with E-state index in [0.29, 0.717) is 18.0 Å². The van der Waals surface area contributed by atoms with E-state index in [0.717, 1.165) is 11.3 Å². The maximum atomic E-state index is 12.5. The third-order valence-corrected chi connectivity index (χ3v) is 3.68. The molecule has 0 saturated carbocycles. The van der Waals surface area contributed by atoms with Crippen LogP contribution >= 0.6 is 0 Å². The maximum absolute atomic E-state index is 12.5. The Bertz CT molecular complexity index is 807. The number of methoxy groups -OCH3 is 1. The number of rotatable bonds is 6.